The normalized spacial score (nSPS) is 12.4. The van der Waals surface area contributed by atoms with E-state index in [4.69, 9.17) is 10.2 Å². The number of nitrogens with zero attached hydrogens (tertiary/aromatic N) is 2. The number of aromatic nitrogens is 2. The van der Waals surface area contributed by atoms with Crippen LogP contribution in [-0.4, -0.2) is 31.9 Å². The maximum absolute atomic E-state index is 10.8. The van der Waals surface area contributed by atoms with E-state index in [1.807, 2.05) is 0 Å². The SMILES string of the molecule is Cc1cc(C(CC(=O)O)C(=O)O)nn1C. The lowest BCUT2D eigenvalue weighted by Gasteiger charge is -2.05. The van der Waals surface area contributed by atoms with Gasteiger partial charge in [-0.05, 0) is 13.0 Å². The number of carboxylic acid groups (broad SMARTS) is 2. The zero-order valence-electron chi connectivity index (χ0n) is 8.47. The monoisotopic (exact) mass is 212 g/mol. The second kappa shape index (κ2) is 4.12. The average molecular weight is 212 g/mol. The topological polar surface area (TPSA) is 92.4 Å². The molecule has 0 aliphatic heterocycles. The molecule has 6 heteroatoms. The molecule has 0 aliphatic carbocycles. The highest BCUT2D eigenvalue weighted by Gasteiger charge is 2.25. The molecule has 0 aliphatic rings. The summed E-state index contributed by atoms with van der Waals surface area (Å²) in [5.41, 5.74) is 1.08. The van der Waals surface area contributed by atoms with Crippen molar-refractivity contribution >= 4 is 11.9 Å². The van der Waals surface area contributed by atoms with Crippen molar-refractivity contribution in [2.24, 2.45) is 7.05 Å². The fraction of sp³-hybridized carbons (Fsp3) is 0.444. The molecule has 1 aromatic rings. The molecule has 15 heavy (non-hydrogen) atoms. The molecule has 1 atom stereocenters. The van der Waals surface area contributed by atoms with Crippen molar-refractivity contribution in [3.05, 3.63) is 17.5 Å². The van der Waals surface area contributed by atoms with Crippen LogP contribution in [0.3, 0.4) is 0 Å². The zero-order chi connectivity index (χ0) is 11.6. The smallest absolute Gasteiger partial charge is 0.313 e. The molecular weight excluding hydrogens is 200 g/mol. The van der Waals surface area contributed by atoms with Gasteiger partial charge >= 0.3 is 11.9 Å². The number of carboxylic acids is 2. The van der Waals surface area contributed by atoms with Gasteiger partial charge in [0.15, 0.2) is 0 Å². The van der Waals surface area contributed by atoms with Crippen LogP contribution in [0.2, 0.25) is 0 Å². The summed E-state index contributed by atoms with van der Waals surface area (Å²) < 4.78 is 1.52. The highest BCUT2D eigenvalue weighted by Crippen LogP contribution is 2.19. The Balaban J connectivity index is 2.99. The molecule has 1 aromatic heterocycles. The van der Waals surface area contributed by atoms with Crippen LogP contribution < -0.4 is 0 Å². The van der Waals surface area contributed by atoms with Gasteiger partial charge in [-0.3, -0.25) is 14.3 Å². The van der Waals surface area contributed by atoms with Gasteiger partial charge in [0.2, 0.25) is 0 Å². The van der Waals surface area contributed by atoms with Crippen LogP contribution in [0.25, 0.3) is 0 Å². The molecule has 2 N–H and O–H groups in total. The summed E-state index contributed by atoms with van der Waals surface area (Å²) in [5.74, 6) is -3.40. The van der Waals surface area contributed by atoms with Gasteiger partial charge < -0.3 is 10.2 Å². The van der Waals surface area contributed by atoms with Gasteiger partial charge in [0, 0.05) is 12.7 Å². The first-order valence-corrected chi connectivity index (χ1v) is 4.37. The third-order valence-electron chi connectivity index (χ3n) is 2.17. The minimum absolute atomic E-state index is 0.282. The minimum Gasteiger partial charge on any atom is -0.481 e. The molecule has 6 nitrogen and oxygen atoms in total. The summed E-state index contributed by atoms with van der Waals surface area (Å²) in [7, 11) is 1.68. The molecule has 0 bridgehead atoms. The van der Waals surface area contributed by atoms with Crippen LogP contribution in [0.15, 0.2) is 6.07 Å². The molecule has 1 heterocycles. The maximum Gasteiger partial charge on any atom is 0.313 e. The fourth-order valence-electron chi connectivity index (χ4n) is 1.25. The molecule has 82 valence electrons. The van der Waals surface area contributed by atoms with Gasteiger partial charge in [-0.15, -0.1) is 0 Å². The first kappa shape index (κ1) is 11.2. The number of carbonyl (C=O) groups is 2. The fourth-order valence-corrected chi connectivity index (χ4v) is 1.25. The Labute approximate surface area is 86.1 Å². The van der Waals surface area contributed by atoms with E-state index < -0.39 is 24.3 Å². The molecular formula is C9H12N2O4. The van der Waals surface area contributed by atoms with Crippen molar-refractivity contribution in [2.75, 3.05) is 0 Å². The highest BCUT2D eigenvalue weighted by molar-refractivity contribution is 5.81. The minimum atomic E-state index is -1.17. The van der Waals surface area contributed by atoms with Crippen LogP contribution >= 0.6 is 0 Å². The van der Waals surface area contributed by atoms with E-state index in [-0.39, 0.29) is 5.69 Å². The summed E-state index contributed by atoms with van der Waals surface area (Å²) in [6.07, 6.45) is -0.453. The number of rotatable bonds is 4. The van der Waals surface area contributed by atoms with Crippen LogP contribution in [0.4, 0.5) is 0 Å². The van der Waals surface area contributed by atoms with Gasteiger partial charge in [0.05, 0.1) is 12.1 Å². The molecule has 1 rings (SSSR count). The number of hydrogen-bond acceptors (Lipinski definition) is 3. The van der Waals surface area contributed by atoms with Gasteiger partial charge in [-0.2, -0.15) is 5.10 Å². The van der Waals surface area contributed by atoms with E-state index in [0.29, 0.717) is 0 Å². The quantitative estimate of drug-likeness (QED) is 0.752. The predicted molar refractivity (Wildman–Crippen MR) is 50.6 cm³/mol. The van der Waals surface area contributed by atoms with E-state index in [1.165, 1.54) is 4.68 Å². The summed E-state index contributed by atoms with van der Waals surface area (Å²) in [6.45, 7) is 1.77. The first-order valence-electron chi connectivity index (χ1n) is 4.37. The lowest BCUT2D eigenvalue weighted by Crippen LogP contribution is -2.16. The Morgan fingerprint density at radius 1 is 1.53 bits per heavy atom. The molecule has 0 amide bonds. The standard InChI is InChI=1S/C9H12N2O4/c1-5-3-7(10-11(5)2)6(9(14)15)4-8(12)13/h3,6H,4H2,1-2H3,(H,12,13)(H,14,15). The summed E-state index contributed by atoms with van der Waals surface area (Å²) >= 11 is 0. The van der Waals surface area contributed by atoms with Gasteiger partial charge in [-0.1, -0.05) is 0 Å². The molecule has 0 radical (unpaired) electrons. The number of aryl methyl sites for hydroxylation is 2. The third-order valence-corrected chi connectivity index (χ3v) is 2.17. The van der Waals surface area contributed by atoms with E-state index in [2.05, 4.69) is 5.10 Å². The second-order valence-corrected chi connectivity index (χ2v) is 3.32. The maximum atomic E-state index is 10.8. The van der Waals surface area contributed by atoms with Crippen molar-refractivity contribution in [3.8, 4) is 0 Å². The van der Waals surface area contributed by atoms with Crippen molar-refractivity contribution in [1.82, 2.24) is 9.78 Å². The largest absolute Gasteiger partial charge is 0.481 e. The van der Waals surface area contributed by atoms with E-state index >= 15 is 0 Å². The van der Waals surface area contributed by atoms with Crippen molar-refractivity contribution in [3.63, 3.8) is 0 Å². The molecule has 0 saturated heterocycles. The Hall–Kier alpha value is -1.85. The number of aliphatic carboxylic acids is 2. The molecule has 0 fully saturated rings. The lowest BCUT2D eigenvalue weighted by molar-refractivity contribution is -0.145. The zero-order valence-corrected chi connectivity index (χ0v) is 8.47. The van der Waals surface area contributed by atoms with Gasteiger partial charge in [-0.25, -0.2) is 0 Å². The summed E-state index contributed by atoms with van der Waals surface area (Å²) in [6, 6.07) is 1.59. The Kier molecular flexibility index (Phi) is 3.08. The third kappa shape index (κ3) is 2.55. The first-order chi connectivity index (χ1) is 6.91. The molecule has 0 saturated carbocycles. The van der Waals surface area contributed by atoms with Crippen molar-refractivity contribution < 1.29 is 19.8 Å². The van der Waals surface area contributed by atoms with Crippen molar-refractivity contribution in [1.29, 1.82) is 0 Å². The summed E-state index contributed by atoms with van der Waals surface area (Å²) in [4.78, 5) is 21.3. The van der Waals surface area contributed by atoms with E-state index in [0.717, 1.165) is 5.69 Å². The van der Waals surface area contributed by atoms with Gasteiger partial charge in [0.25, 0.3) is 0 Å². The Morgan fingerprint density at radius 3 is 2.47 bits per heavy atom. The van der Waals surface area contributed by atoms with E-state index in [1.54, 1.807) is 20.0 Å². The predicted octanol–water partition coefficient (Wildman–Crippen LogP) is 0.371. The lowest BCUT2D eigenvalue weighted by atomic mass is 10.0. The van der Waals surface area contributed by atoms with Crippen molar-refractivity contribution in [2.45, 2.75) is 19.3 Å². The van der Waals surface area contributed by atoms with Crippen LogP contribution in [-0.2, 0) is 16.6 Å². The molecule has 0 spiro atoms. The van der Waals surface area contributed by atoms with Crippen LogP contribution in [0.1, 0.15) is 23.7 Å². The Bertz CT molecular complexity index is 377. The average Bonchev–Trinajstić information content (AvgIpc) is 2.42. The van der Waals surface area contributed by atoms with Crippen LogP contribution in [0.5, 0.6) is 0 Å². The second-order valence-electron chi connectivity index (χ2n) is 3.32. The summed E-state index contributed by atoms with van der Waals surface area (Å²) in [5, 5.41) is 21.4. The number of hydrogen-bond donors (Lipinski definition) is 2. The Morgan fingerprint density at radius 2 is 2.13 bits per heavy atom. The highest BCUT2D eigenvalue weighted by atomic mass is 16.4. The molecule has 1 unspecified atom stereocenters. The van der Waals surface area contributed by atoms with Gasteiger partial charge in [0.1, 0.15) is 5.92 Å². The van der Waals surface area contributed by atoms with E-state index in [9.17, 15) is 9.59 Å². The van der Waals surface area contributed by atoms with Crippen LogP contribution in [0, 0.1) is 6.92 Å². The molecule has 0 aromatic carbocycles.